The van der Waals surface area contributed by atoms with Crippen LogP contribution in [0.1, 0.15) is 51.6 Å². The molecule has 1 aliphatic rings. The van der Waals surface area contributed by atoms with Gasteiger partial charge in [0.25, 0.3) is 0 Å². The first kappa shape index (κ1) is 15.8. The molecule has 0 aromatic heterocycles. The number of carbonyl (C=O) groups is 1. The summed E-state index contributed by atoms with van der Waals surface area (Å²) >= 11 is 0. The monoisotopic (exact) mass is 290 g/mol. The molecule has 1 aliphatic carbocycles. The molecule has 0 aliphatic heterocycles. The first-order valence-corrected chi connectivity index (χ1v) is 7.74. The first-order chi connectivity index (χ1) is 9.97. The maximum atomic E-state index is 12.4. The van der Waals surface area contributed by atoms with Crippen molar-refractivity contribution in [2.24, 2.45) is 11.1 Å². The average molecular weight is 290 g/mol. The Morgan fingerprint density at radius 3 is 2.33 bits per heavy atom. The second kappa shape index (κ2) is 6.48. The van der Waals surface area contributed by atoms with Crippen LogP contribution in [0.2, 0.25) is 0 Å². The van der Waals surface area contributed by atoms with Gasteiger partial charge >= 0.3 is 0 Å². The Kier molecular flexibility index (Phi) is 4.88. The molecule has 1 aromatic carbocycles. The van der Waals surface area contributed by atoms with Gasteiger partial charge in [-0.15, -0.1) is 0 Å². The normalized spacial score (nSPS) is 18.0. The summed E-state index contributed by atoms with van der Waals surface area (Å²) in [4.78, 5) is 12.4. The zero-order valence-corrected chi connectivity index (χ0v) is 13.2. The van der Waals surface area contributed by atoms with E-state index in [2.05, 4.69) is 5.32 Å². The fraction of sp³-hybridized carbons (Fsp3) is 0.588. The van der Waals surface area contributed by atoms with Crippen molar-refractivity contribution in [1.82, 2.24) is 5.32 Å². The van der Waals surface area contributed by atoms with Gasteiger partial charge in [-0.3, -0.25) is 4.79 Å². The molecule has 0 radical (unpaired) electrons. The Morgan fingerprint density at radius 1 is 1.29 bits per heavy atom. The molecule has 4 heteroatoms. The SMILES string of the molecule is CC(C)Oc1ccc(C(C)NC(=O)C2(CN)CCC2)cc1. The summed E-state index contributed by atoms with van der Waals surface area (Å²) in [5.74, 6) is 0.941. The minimum absolute atomic E-state index is 0.0189. The second-order valence-corrected chi connectivity index (χ2v) is 6.27. The largest absolute Gasteiger partial charge is 0.491 e. The molecule has 2 rings (SSSR count). The van der Waals surface area contributed by atoms with Gasteiger partial charge in [-0.25, -0.2) is 0 Å². The van der Waals surface area contributed by atoms with Crippen LogP contribution in [0.15, 0.2) is 24.3 Å². The fourth-order valence-electron chi connectivity index (χ4n) is 2.67. The maximum Gasteiger partial charge on any atom is 0.227 e. The van der Waals surface area contributed by atoms with Crippen molar-refractivity contribution >= 4 is 5.91 Å². The predicted molar refractivity (Wildman–Crippen MR) is 84.1 cm³/mol. The highest BCUT2D eigenvalue weighted by molar-refractivity contribution is 5.84. The highest BCUT2D eigenvalue weighted by Crippen LogP contribution is 2.40. The van der Waals surface area contributed by atoms with Crippen molar-refractivity contribution in [3.63, 3.8) is 0 Å². The molecule has 3 N–H and O–H groups in total. The number of hydrogen-bond donors (Lipinski definition) is 2. The van der Waals surface area contributed by atoms with Crippen LogP contribution in [-0.4, -0.2) is 18.6 Å². The molecule has 0 saturated heterocycles. The van der Waals surface area contributed by atoms with Gasteiger partial charge in [0.2, 0.25) is 5.91 Å². The van der Waals surface area contributed by atoms with Gasteiger partial charge in [-0.05, 0) is 51.3 Å². The van der Waals surface area contributed by atoms with E-state index in [-0.39, 0.29) is 23.5 Å². The van der Waals surface area contributed by atoms with E-state index < -0.39 is 0 Å². The first-order valence-electron chi connectivity index (χ1n) is 7.74. The van der Waals surface area contributed by atoms with E-state index in [1.54, 1.807) is 0 Å². The molecule has 4 nitrogen and oxygen atoms in total. The summed E-state index contributed by atoms with van der Waals surface area (Å²) in [6, 6.07) is 7.87. The maximum absolute atomic E-state index is 12.4. The highest BCUT2D eigenvalue weighted by Gasteiger charge is 2.43. The number of nitrogens with one attached hydrogen (secondary N) is 1. The molecule has 0 heterocycles. The lowest BCUT2D eigenvalue weighted by molar-refractivity contribution is -0.135. The van der Waals surface area contributed by atoms with E-state index in [9.17, 15) is 4.79 Å². The van der Waals surface area contributed by atoms with Crippen LogP contribution in [0.5, 0.6) is 5.75 Å². The minimum Gasteiger partial charge on any atom is -0.491 e. The summed E-state index contributed by atoms with van der Waals surface area (Å²) in [5, 5.41) is 3.09. The molecule has 1 amide bonds. The Bertz CT molecular complexity index is 473. The second-order valence-electron chi connectivity index (χ2n) is 6.27. The third kappa shape index (κ3) is 3.56. The minimum atomic E-state index is -0.324. The lowest BCUT2D eigenvalue weighted by atomic mass is 9.68. The van der Waals surface area contributed by atoms with Crippen LogP contribution in [0.25, 0.3) is 0 Å². The van der Waals surface area contributed by atoms with Gasteiger partial charge in [0, 0.05) is 6.54 Å². The lowest BCUT2D eigenvalue weighted by Crippen LogP contribution is -2.50. The molecule has 0 spiro atoms. The van der Waals surface area contributed by atoms with Crippen molar-refractivity contribution in [1.29, 1.82) is 0 Å². The van der Waals surface area contributed by atoms with Crippen LogP contribution in [0, 0.1) is 5.41 Å². The Hall–Kier alpha value is -1.55. The third-order valence-electron chi connectivity index (χ3n) is 4.28. The van der Waals surface area contributed by atoms with Crippen LogP contribution in [-0.2, 0) is 4.79 Å². The topological polar surface area (TPSA) is 64.3 Å². The Labute approximate surface area is 127 Å². The molecule has 21 heavy (non-hydrogen) atoms. The number of benzene rings is 1. The van der Waals surface area contributed by atoms with Gasteiger partial charge in [-0.1, -0.05) is 18.6 Å². The molecular formula is C17H26N2O2. The van der Waals surface area contributed by atoms with Gasteiger partial charge < -0.3 is 15.8 Å². The molecule has 1 unspecified atom stereocenters. The summed E-state index contributed by atoms with van der Waals surface area (Å²) in [6.45, 7) is 6.44. The smallest absolute Gasteiger partial charge is 0.227 e. The standard InChI is InChI=1S/C17H26N2O2/c1-12(2)21-15-7-5-14(6-8-15)13(3)19-16(20)17(11-18)9-4-10-17/h5-8,12-13H,4,9-11,18H2,1-3H3,(H,19,20). The third-order valence-corrected chi connectivity index (χ3v) is 4.28. The van der Waals surface area contributed by atoms with Gasteiger partial charge in [0.05, 0.1) is 17.6 Å². The van der Waals surface area contributed by atoms with E-state index in [1.165, 1.54) is 0 Å². The van der Waals surface area contributed by atoms with Crippen molar-refractivity contribution in [3.8, 4) is 5.75 Å². The summed E-state index contributed by atoms with van der Waals surface area (Å²) < 4.78 is 5.62. The van der Waals surface area contributed by atoms with Crippen LogP contribution in [0.4, 0.5) is 0 Å². The zero-order chi connectivity index (χ0) is 15.5. The molecular weight excluding hydrogens is 264 g/mol. The number of rotatable bonds is 6. The number of carbonyl (C=O) groups excluding carboxylic acids is 1. The number of amides is 1. The van der Waals surface area contributed by atoms with Crippen LogP contribution in [0.3, 0.4) is 0 Å². The molecule has 1 aromatic rings. The molecule has 1 saturated carbocycles. The van der Waals surface area contributed by atoms with E-state index in [4.69, 9.17) is 10.5 Å². The Balaban J connectivity index is 1.96. The number of ether oxygens (including phenoxy) is 1. The van der Waals surface area contributed by atoms with Crippen LogP contribution >= 0.6 is 0 Å². The van der Waals surface area contributed by atoms with E-state index in [0.29, 0.717) is 6.54 Å². The zero-order valence-electron chi connectivity index (χ0n) is 13.2. The number of nitrogens with two attached hydrogens (primary N) is 1. The molecule has 1 fully saturated rings. The fourth-order valence-corrected chi connectivity index (χ4v) is 2.67. The summed E-state index contributed by atoms with van der Waals surface area (Å²) in [5.41, 5.74) is 6.52. The summed E-state index contributed by atoms with van der Waals surface area (Å²) in [6.07, 6.45) is 3.07. The Morgan fingerprint density at radius 2 is 1.90 bits per heavy atom. The van der Waals surface area contributed by atoms with Gasteiger partial charge in [0.15, 0.2) is 0 Å². The molecule has 1 atom stereocenters. The average Bonchev–Trinajstić information content (AvgIpc) is 2.38. The summed E-state index contributed by atoms with van der Waals surface area (Å²) in [7, 11) is 0. The van der Waals surface area contributed by atoms with E-state index in [1.807, 2.05) is 45.0 Å². The number of hydrogen-bond acceptors (Lipinski definition) is 3. The van der Waals surface area contributed by atoms with Crippen molar-refractivity contribution in [2.75, 3.05) is 6.54 Å². The molecule has 0 bridgehead atoms. The quantitative estimate of drug-likeness (QED) is 0.846. The highest BCUT2D eigenvalue weighted by atomic mass is 16.5. The molecule has 116 valence electrons. The lowest BCUT2D eigenvalue weighted by Gasteiger charge is -2.39. The van der Waals surface area contributed by atoms with Gasteiger partial charge in [-0.2, -0.15) is 0 Å². The predicted octanol–water partition coefficient (Wildman–Crippen LogP) is 2.78. The van der Waals surface area contributed by atoms with E-state index >= 15 is 0 Å². The van der Waals surface area contributed by atoms with Gasteiger partial charge in [0.1, 0.15) is 5.75 Å². The van der Waals surface area contributed by atoms with Crippen molar-refractivity contribution in [3.05, 3.63) is 29.8 Å². The van der Waals surface area contributed by atoms with Crippen molar-refractivity contribution in [2.45, 2.75) is 52.2 Å². The van der Waals surface area contributed by atoms with Crippen LogP contribution < -0.4 is 15.8 Å². The van der Waals surface area contributed by atoms with E-state index in [0.717, 1.165) is 30.6 Å². The van der Waals surface area contributed by atoms with Crippen molar-refractivity contribution < 1.29 is 9.53 Å².